The molecule has 2 heterocycles. The van der Waals surface area contributed by atoms with Crippen molar-refractivity contribution in [2.75, 3.05) is 0 Å². The van der Waals surface area contributed by atoms with Crippen LogP contribution in [0, 0.1) is 2.88 Å². The van der Waals surface area contributed by atoms with Crippen LogP contribution in [-0.4, -0.2) is 15.7 Å². The van der Waals surface area contributed by atoms with E-state index >= 15 is 0 Å². The molecule has 0 fully saturated rings. The van der Waals surface area contributed by atoms with Gasteiger partial charge in [0.15, 0.2) is 0 Å². The van der Waals surface area contributed by atoms with Crippen molar-refractivity contribution in [3.05, 3.63) is 37.3 Å². The van der Waals surface area contributed by atoms with Gasteiger partial charge < -0.3 is 5.32 Å². The minimum atomic E-state index is -0.0277. The Labute approximate surface area is 124 Å². The third kappa shape index (κ3) is 3.11. The van der Waals surface area contributed by atoms with Crippen LogP contribution in [-0.2, 0) is 20.0 Å². The lowest BCUT2D eigenvalue weighted by Gasteiger charge is -2.03. The third-order valence-electron chi connectivity index (χ3n) is 2.60. The van der Waals surface area contributed by atoms with E-state index in [0.29, 0.717) is 6.54 Å². The Balaban J connectivity index is 2.01. The van der Waals surface area contributed by atoms with Crippen LogP contribution in [0.25, 0.3) is 0 Å². The molecule has 0 atom stereocenters. The van der Waals surface area contributed by atoms with E-state index in [1.165, 1.54) is 0 Å². The second kappa shape index (κ2) is 5.83. The third-order valence-corrected chi connectivity index (χ3v) is 4.38. The maximum Gasteiger partial charge on any atom is 0.252 e. The minimum Gasteiger partial charge on any atom is -0.348 e. The van der Waals surface area contributed by atoms with Gasteiger partial charge in [-0.1, -0.05) is 6.92 Å². The fourth-order valence-electron chi connectivity index (χ4n) is 1.74. The fraction of sp³-hybridized carbons (Fsp3) is 0.333. The van der Waals surface area contributed by atoms with Crippen LogP contribution < -0.4 is 5.32 Å². The number of aryl methyl sites for hydroxylation is 2. The summed E-state index contributed by atoms with van der Waals surface area (Å²) in [5, 5.41) is 9.15. The number of hydrogen-bond acceptors (Lipinski definition) is 3. The molecule has 1 N–H and O–H groups in total. The molecule has 96 valence electrons. The summed E-state index contributed by atoms with van der Waals surface area (Å²) in [4.78, 5) is 11.9. The Morgan fingerprint density at radius 2 is 2.39 bits per heavy atom. The Morgan fingerprint density at radius 1 is 1.61 bits per heavy atom. The number of thiophene rings is 1. The van der Waals surface area contributed by atoms with Crippen LogP contribution in [0.1, 0.15) is 28.5 Å². The van der Waals surface area contributed by atoms with Gasteiger partial charge in [0.1, 0.15) is 0 Å². The largest absolute Gasteiger partial charge is 0.348 e. The fourth-order valence-corrected chi connectivity index (χ4v) is 3.06. The van der Waals surface area contributed by atoms with Gasteiger partial charge in [0.2, 0.25) is 0 Å². The van der Waals surface area contributed by atoms with Crippen molar-refractivity contribution in [2.24, 2.45) is 7.05 Å². The second-order valence-electron chi connectivity index (χ2n) is 3.95. The van der Waals surface area contributed by atoms with Gasteiger partial charge in [-0.3, -0.25) is 9.48 Å². The minimum absolute atomic E-state index is 0.0277. The number of carbonyl (C=O) groups excluding carboxylic acids is 1. The highest BCUT2D eigenvalue weighted by atomic mass is 127. The molecule has 2 rings (SSSR count). The van der Waals surface area contributed by atoms with Crippen LogP contribution in [0.15, 0.2) is 17.6 Å². The Bertz CT molecular complexity index is 561. The molecule has 0 bridgehead atoms. The Hall–Kier alpha value is -0.890. The lowest BCUT2D eigenvalue weighted by molar-refractivity contribution is 0.0951. The molecule has 0 radical (unpaired) electrons. The lowest BCUT2D eigenvalue weighted by Crippen LogP contribution is -2.22. The summed E-state index contributed by atoms with van der Waals surface area (Å²) in [6, 6.07) is 1.89. The SMILES string of the molecule is CCc1nn(C)cc1CNC(=O)c1csc(I)c1. The first-order valence-electron chi connectivity index (χ1n) is 5.63. The number of hydrogen-bond donors (Lipinski definition) is 1. The highest BCUT2D eigenvalue weighted by Gasteiger charge is 2.10. The smallest absolute Gasteiger partial charge is 0.252 e. The zero-order valence-corrected chi connectivity index (χ0v) is 13.2. The quantitative estimate of drug-likeness (QED) is 0.836. The first-order chi connectivity index (χ1) is 8.60. The van der Waals surface area contributed by atoms with Gasteiger partial charge in [-0.05, 0) is 35.1 Å². The van der Waals surface area contributed by atoms with E-state index in [2.05, 4.69) is 39.9 Å². The van der Waals surface area contributed by atoms with Crippen molar-refractivity contribution in [3.63, 3.8) is 0 Å². The van der Waals surface area contributed by atoms with Gasteiger partial charge >= 0.3 is 0 Å². The number of rotatable bonds is 4. The molecular weight excluding hydrogens is 361 g/mol. The summed E-state index contributed by atoms with van der Waals surface area (Å²) in [5.41, 5.74) is 2.85. The molecule has 0 aliphatic rings. The van der Waals surface area contributed by atoms with Crippen molar-refractivity contribution in [1.82, 2.24) is 15.1 Å². The van der Waals surface area contributed by atoms with E-state index in [9.17, 15) is 4.79 Å². The van der Waals surface area contributed by atoms with Crippen molar-refractivity contribution < 1.29 is 4.79 Å². The highest BCUT2D eigenvalue weighted by molar-refractivity contribution is 14.1. The van der Waals surface area contributed by atoms with E-state index < -0.39 is 0 Å². The van der Waals surface area contributed by atoms with Gasteiger partial charge in [-0.2, -0.15) is 5.10 Å². The molecule has 0 aromatic carbocycles. The number of amides is 1. The van der Waals surface area contributed by atoms with E-state index in [-0.39, 0.29) is 5.91 Å². The Morgan fingerprint density at radius 3 is 3.00 bits per heavy atom. The van der Waals surface area contributed by atoms with Crippen LogP contribution in [0.5, 0.6) is 0 Å². The predicted molar refractivity (Wildman–Crippen MR) is 80.8 cm³/mol. The van der Waals surface area contributed by atoms with Gasteiger partial charge in [-0.15, -0.1) is 11.3 Å². The monoisotopic (exact) mass is 375 g/mol. The Kier molecular flexibility index (Phi) is 4.39. The van der Waals surface area contributed by atoms with Crippen LogP contribution in [0.4, 0.5) is 0 Å². The number of aromatic nitrogens is 2. The van der Waals surface area contributed by atoms with E-state index in [4.69, 9.17) is 0 Å². The first-order valence-corrected chi connectivity index (χ1v) is 7.59. The van der Waals surface area contributed by atoms with Gasteiger partial charge in [0.05, 0.1) is 14.1 Å². The molecule has 0 spiro atoms. The normalized spacial score (nSPS) is 10.6. The van der Waals surface area contributed by atoms with Crippen molar-refractivity contribution in [1.29, 1.82) is 0 Å². The van der Waals surface area contributed by atoms with Gasteiger partial charge in [-0.25, -0.2) is 0 Å². The molecule has 0 saturated heterocycles. The van der Waals surface area contributed by atoms with E-state index in [1.807, 2.05) is 24.7 Å². The summed E-state index contributed by atoms with van der Waals surface area (Å²) in [5.74, 6) is -0.0277. The maximum atomic E-state index is 11.9. The molecule has 18 heavy (non-hydrogen) atoms. The highest BCUT2D eigenvalue weighted by Crippen LogP contribution is 2.16. The number of nitrogens with zero attached hydrogens (tertiary/aromatic N) is 2. The molecular formula is C12H14IN3OS. The molecule has 0 aliphatic heterocycles. The molecule has 6 heteroatoms. The number of halogens is 1. The van der Waals surface area contributed by atoms with Crippen LogP contribution in [0.2, 0.25) is 0 Å². The average Bonchev–Trinajstić information content (AvgIpc) is 2.92. The average molecular weight is 375 g/mol. The van der Waals surface area contributed by atoms with E-state index in [1.54, 1.807) is 16.0 Å². The zero-order valence-electron chi connectivity index (χ0n) is 10.2. The van der Waals surface area contributed by atoms with Gasteiger partial charge in [0.25, 0.3) is 5.91 Å². The van der Waals surface area contributed by atoms with Crippen LogP contribution in [0.3, 0.4) is 0 Å². The summed E-state index contributed by atoms with van der Waals surface area (Å²) >= 11 is 3.79. The molecule has 0 unspecified atom stereocenters. The number of carbonyl (C=O) groups is 1. The molecule has 0 saturated carbocycles. The molecule has 0 aliphatic carbocycles. The molecule has 2 aromatic heterocycles. The summed E-state index contributed by atoms with van der Waals surface area (Å²) in [7, 11) is 1.89. The summed E-state index contributed by atoms with van der Waals surface area (Å²) in [6.07, 6.45) is 2.83. The molecule has 4 nitrogen and oxygen atoms in total. The second-order valence-corrected chi connectivity index (χ2v) is 6.76. The summed E-state index contributed by atoms with van der Waals surface area (Å²) in [6.45, 7) is 2.59. The predicted octanol–water partition coefficient (Wildman–Crippen LogP) is 2.58. The van der Waals surface area contributed by atoms with Crippen LogP contribution >= 0.6 is 33.9 Å². The molecule has 2 aromatic rings. The molecule has 1 amide bonds. The summed E-state index contributed by atoms with van der Waals surface area (Å²) < 4.78 is 2.90. The van der Waals surface area contributed by atoms with E-state index in [0.717, 1.165) is 26.1 Å². The van der Waals surface area contributed by atoms with Gasteiger partial charge in [0, 0.05) is 30.7 Å². The standard InChI is InChI=1S/C12H14IN3OS/c1-3-10-9(6-16(2)15-10)5-14-12(17)8-4-11(13)18-7-8/h4,6-7H,3,5H2,1-2H3,(H,14,17). The first kappa shape index (κ1) is 13.5. The van der Waals surface area contributed by atoms with Crippen molar-refractivity contribution >= 4 is 39.8 Å². The van der Waals surface area contributed by atoms with Crippen molar-refractivity contribution in [2.45, 2.75) is 19.9 Å². The number of nitrogens with one attached hydrogen (secondary N) is 1. The lowest BCUT2D eigenvalue weighted by atomic mass is 10.2. The van der Waals surface area contributed by atoms with Crippen molar-refractivity contribution in [3.8, 4) is 0 Å². The maximum absolute atomic E-state index is 11.9. The topological polar surface area (TPSA) is 46.9 Å². The zero-order chi connectivity index (χ0) is 13.1.